The number of ether oxygens (including phenoxy) is 1. The van der Waals surface area contributed by atoms with E-state index in [2.05, 4.69) is 62.6 Å². The molecule has 0 radical (unpaired) electrons. The van der Waals surface area contributed by atoms with Gasteiger partial charge in [0.25, 0.3) is 5.56 Å². The molecule has 200 valence electrons. The summed E-state index contributed by atoms with van der Waals surface area (Å²) in [5.41, 5.74) is 4.68. The van der Waals surface area contributed by atoms with Gasteiger partial charge >= 0.3 is 5.97 Å². The van der Waals surface area contributed by atoms with Crippen molar-refractivity contribution in [3.05, 3.63) is 87.9 Å². The monoisotopic (exact) mass is 524 g/mol. The zero-order valence-electron chi connectivity index (χ0n) is 22.3. The van der Waals surface area contributed by atoms with Crippen LogP contribution in [-0.2, 0) is 27.9 Å². The molecule has 1 N–H and O–H groups in total. The highest BCUT2D eigenvalue weighted by Crippen LogP contribution is 2.42. The number of nitrogens with zero attached hydrogens (tertiary/aromatic N) is 5. The number of rotatable bonds is 9. The number of tetrazole rings is 1. The first-order valence-electron chi connectivity index (χ1n) is 13.6. The van der Waals surface area contributed by atoms with E-state index in [0.717, 1.165) is 65.6 Å². The van der Waals surface area contributed by atoms with Gasteiger partial charge in [-0.3, -0.25) is 9.48 Å². The van der Waals surface area contributed by atoms with Crippen LogP contribution >= 0.6 is 0 Å². The number of allylic oxidation sites excluding steroid dienone is 1. The maximum Gasteiger partial charge on any atom is 0.337 e. The molecule has 9 nitrogen and oxygen atoms in total. The SMILES string of the molecule is CCCCCc1c(Cc2ccc(-c3ccccc3-c3nnn[nH]3)cc2)c(=O)n2n1C1C=CC2(C(=O)OC)CC1. The van der Waals surface area contributed by atoms with E-state index in [1.54, 1.807) is 4.68 Å². The van der Waals surface area contributed by atoms with Crippen LogP contribution in [-0.4, -0.2) is 43.1 Å². The minimum Gasteiger partial charge on any atom is -0.467 e. The van der Waals surface area contributed by atoms with Gasteiger partial charge in [-0.05, 0) is 58.9 Å². The lowest BCUT2D eigenvalue weighted by atomic mass is 9.83. The molecule has 4 aromatic rings. The fourth-order valence-electron chi connectivity index (χ4n) is 6.17. The predicted octanol–water partition coefficient (Wildman–Crippen LogP) is 4.59. The van der Waals surface area contributed by atoms with Gasteiger partial charge < -0.3 is 4.74 Å². The Kier molecular flexibility index (Phi) is 6.50. The van der Waals surface area contributed by atoms with E-state index in [-0.39, 0.29) is 17.6 Å². The number of carbonyl (C=O) groups excluding carboxylic acids is 1. The fourth-order valence-corrected chi connectivity index (χ4v) is 6.17. The quantitative estimate of drug-likeness (QED) is 0.195. The number of hydrogen-bond acceptors (Lipinski definition) is 6. The molecule has 39 heavy (non-hydrogen) atoms. The summed E-state index contributed by atoms with van der Waals surface area (Å²) in [4.78, 5) is 27.1. The van der Waals surface area contributed by atoms with E-state index < -0.39 is 5.54 Å². The van der Waals surface area contributed by atoms with E-state index in [0.29, 0.717) is 18.7 Å². The second-order valence-corrected chi connectivity index (χ2v) is 10.4. The van der Waals surface area contributed by atoms with E-state index >= 15 is 0 Å². The molecule has 0 amide bonds. The van der Waals surface area contributed by atoms with Crippen LogP contribution in [0.15, 0.2) is 65.5 Å². The van der Waals surface area contributed by atoms with E-state index in [4.69, 9.17) is 4.74 Å². The number of hydrogen-bond donors (Lipinski definition) is 1. The van der Waals surface area contributed by atoms with Crippen LogP contribution in [0.25, 0.3) is 22.5 Å². The number of aromatic amines is 1. The maximum absolute atomic E-state index is 14.0. The van der Waals surface area contributed by atoms with Crippen LogP contribution in [0.2, 0.25) is 0 Å². The van der Waals surface area contributed by atoms with Crippen molar-refractivity contribution in [3.63, 3.8) is 0 Å². The zero-order valence-corrected chi connectivity index (χ0v) is 22.3. The summed E-state index contributed by atoms with van der Waals surface area (Å²) in [7, 11) is 1.39. The molecule has 4 heterocycles. The molecule has 0 spiro atoms. The normalized spacial score (nSPS) is 19.3. The zero-order chi connectivity index (χ0) is 27.0. The fraction of sp³-hybridized carbons (Fsp3) is 0.367. The highest BCUT2D eigenvalue weighted by molar-refractivity contribution is 5.82. The number of carbonyl (C=O) groups is 1. The van der Waals surface area contributed by atoms with Crippen LogP contribution in [0.1, 0.15) is 61.9 Å². The van der Waals surface area contributed by atoms with Crippen molar-refractivity contribution in [2.75, 3.05) is 7.11 Å². The molecule has 2 aromatic heterocycles. The molecule has 2 unspecified atom stereocenters. The van der Waals surface area contributed by atoms with Gasteiger partial charge in [-0.1, -0.05) is 74.4 Å². The second-order valence-electron chi connectivity index (χ2n) is 10.4. The van der Waals surface area contributed by atoms with E-state index in [1.165, 1.54) is 7.11 Å². The number of esters is 1. The summed E-state index contributed by atoms with van der Waals surface area (Å²) < 4.78 is 9.00. The summed E-state index contributed by atoms with van der Waals surface area (Å²) >= 11 is 0. The number of aromatic nitrogens is 6. The first kappa shape index (κ1) is 25.0. The van der Waals surface area contributed by atoms with Gasteiger partial charge in [-0.2, -0.15) is 0 Å². The second kappa shape index (κ2) is 10.1. The smallest absolute Gasteiger partial charge is 0.337 e. The molecule has 0 fully saturated rings. The van der Waals surface area contributed by atoms with Crippen molar-refractivity contribution in [3.8, 4) is 22.5 Å². The molecule has 2 aliphatic heterocycles. The molecule has 9 heteroatoms. The number of unbranched alkanes of at least 4 members (excludes halogenated alkanes) is 2. The molecule has 2 bridgehead atoms. The van der Waals surface area contributed by atoms with Gasteiger partial charge in [0.15, 0.2) is 11.4 Å². The molecule has 0 saturated carbocycles. The van der Waals surface area contributed by atoms with Crippen molar-refractivity contribution in [2.45, 2.75) is 63.5 Å². The van der Waals surface area contributed by atoms with Gasteiger partial charge in [-0.25, -0.2) is 14.6 Å². The average molecular weight is 525 g/mol. The van der Waals surface area contributed by atoms with E-state index in [9.17, 15) is 9.59 Å². The molecular weight excluding hydrogens is 492 g/mol. The van der Waals surface area contributed by atoms with Crippen molar-refractivity contribution in [1.29, 1.82) is 0 Å². The van der Waals surface area contributed by atoms with Crippen LogP contribution < -0.4 is 5.56 Å². The van der Waals surface area contributed by atoms with Crippen LogP contribution in [0.5, 0.6) is 0 Å². The van der Waals surface area contributed by atoms with Gasteiger partial charge in [0.05, 0.1) is 13.2 Å². The molecule has 2 aromatic carbocycles. The van der Waals surface area contributed by atoms with Crippen LogP contribution in [0, 0.1) is 0 Å². The Morgan fingerprint density at radius 3 is 2.59 bits per heavy atom. The Morgan fingerprint density at radius 2 is 1.92 bits per heavy atom. The minimum atomic E-state index is -1.07. The molecule has 0 saturated heterocycles. The third-order valence-electron chi connectivity index (χ3n) is 8.13. The number of methoxy groups -OCH3 is 1. The lowest BCUT2D eigenvalue weighted by molar-refractivity contribution is -0.152. The first-order valence-corrected chi connectivity index (χ1v) is 13.6. The average Bonchev–Trinajstić information content (AvgIpc) is 3.62. The Morgan fingerprint density at radius 1 is 1.13 bits per heavy atom. The lowest BCUT2D eigenvalue weighted by Crippen LogP contribution is -2.54. The van der Waals surface area contributed by atoms with Crippen molar-refractivity contribution >= 4 is 5.97 Å². The number of benzene rings is 2. The summed E-state index contributed by atoms with van der Waals surface area (Å²) in [5.74, 6) is 0.232. The summed E-state index contributed by atoms with van der Waals surface area (Å²) in [5, 5.41) is 14.3. The van der Waals surface area contributed by atoms with Gasteiger partial charge in [-0.15, -0.1) is 5.10 Å². The number of fused-ring (bicyclic) bond motifs is 1. The standard InChI is InChI=1S/C30H32N6O3/c1-3-4-5-10-26-25(28(37)36-30(29(38)39-2)17-15-22(16-18-30)35(26)36)19-20-11-13-21(14-12-20)23-8-6-7-9-24(23)27-31-33-34-32-27/h6-9,11-15,17,22H,3-5,10,16,18-19H2,1-2H3,(H,31,32,33,34). The van der Waals surface area contributed by atoms with Crippen LogP contribution in [0.4, 0.5) is 0 Å². The van der Waals surface area contributed by atoms with Crippen molar-refractivity contribution in [1.82, 2.24) is 30.0 Å². The number of nitrogens with one attached hydrogen (secondary N) is 1. The molecule has 7 rings (SSSR count). The van der Waals surface area contributed by atoms with Gasteiger partial charge in [0.1, 0.15) is 0 Å². The van der Waals surface area contributed by atoms with Crippen molar-refractivity contribution < 1.29 is 9.53 Å². The van der Waals surface area contributed by atoms with Crippen molar-refractivity contribution in [2.24, 2.45) is 0 Å². The Labute approximate surface area is 226 Å². The Bertz CT molecular complexity index is 1580. The topological polar surface area (TPSA) is 108 Å². The lowest BCUT2D eigenvalue weighted by Gasteiger charge is -2.43. The maximum atomic E-state index is 14.0. The summed E-state index contributed by atoms with van der Waals surface area (Å²) in [6.45, 7) is 2.18. The van der Waals surface area contributed by atoms with Gasteiger partial charge in [0, 0.05) is 23.2 Å². The predicted molar refractivity (Wildman–Crippen MR) is 147 cm³/mol. The third-order valence-corrected chi connectivity index (χ3v) is 8.13. The molecule has 2 atom stereocenters. The molecule has 3 aliphatic rings. The summed E-state index contributed by atoms with van der Waals surface area (Å²) in [6.07, 6.45) is 9.85. The Hall–Kier alpha value is -4.27. The van der Waals surface area contributed by atoms with Crippen LogP contribution in [0.3, 0.4) is 0 Å². The first-order chi connectivity index (χ1) is 19.1. The highest BCUT2D eigenvalue weighted by atomic mass is 16.5. The van der Waals surface area contributed by atoms with E-state index in [1.807, 2.05) is 30.3 Å². The Balaban J connectivity index is 1.38. The highest BCUT2D eigenvalue weighted by Gasteiger charge is 2.50. The largest absolute Gasteiger partial charge is 0.467 e. The number of H-pyrrole nitrogens is 1. The molecular formula is C30H32N6O3. The third kappa shape index (κ3) is 4.13. The van der Waals surface area contributed by atoms with Gasteiger partial charge in [0.2, 0.25) is 0 Å². The summed E-state index contributed by atoms with van der Waals surface area (Å²) in [6, 6.07) is 16.4. The molecule has 1 aliphatic carbocycles. The minimum absolute atomic E-state index is 0.0825.